The van der Waals surface area contributed by atoms with Gasteiger partial charge in [-0.05, 0) is 30.2 Å². The van der Waals surface area contributed by atoms with Crippen molar-refractivity contribution in [2.45, 2.75) is 13.3 Å². The number of hydrogen-bond donors (Lipinski definition) is 0. The van der Waals surface area contributed by atoms with Crippen molar-refractivity contribution in [1.29, 1.82) is 0 Å². The second kappa shape index (κ2) is 5.41. The topological polar surface area (TPSA) is 48.8 Å². The Morgan fingerprint density at radius 1 is 1.62 bits per heavy atom. The van der Waals surface area contributed by atoms with Crippen LogP contribution in [-0.4, -0.2) is 6.54 Å². The predicted octanol–water partition coefficient (Wildman–Crippen LogP) is 3.63. The van der Waals surface area contributed by atoms with E-state index in [4.69, 9.17) is 5.53 Å². The van der Waals surface area contributed by atoms with Gasteiger partial charge in [0.2, 0.25) is 0 Å². The summed E-state index contributed by atoms with van der Waals surface area (Å²) in [5.74, 6) is 0. The number of rotatable bonds is 4. The molecule has 0 bridgehead atoms. The molecule has 68 valence electrons. The first kappa shape index (κ1) is 9.84. The highest BCUT2D eigenvalue weighted by Crippen LogP contribution is 2.17. The maximum absolute atomic E-state index is 8.03. The number of nitrogens with zero attached hydrogens (tertiary/aromatic N) is 3. The third kappa shape index (κ3) is 3.32. The van der Waals surface area contributed by atoms with E-state index in [9.17, 15) is 0 Å². The van der Waals surface area contributed by atoms with Crippen LogP contribution in [-0.2, 0) is 6.42 Å². The van der Waals surface area contributed by atoms with Gasteiger partial charge in [-0.3, -0.25) is 0 Å². The molecule has 0 N–H and O–H groups in total. The molecule has 0 aliphatic carbocycles. The summed E-state index contributed by atoms with van der Waals surface area (Å²) < 4.78 is 0. The Balaban J connectivity index is 2.53. The summed E-state index contributed by atoms with van der Waals surface area (Å²) in [6.45, 7) is 2.56. The van der Waals surface area contributed by atoms with Gasteiger partial charge in [-0.1, -0.05) is 18.1 Å². The zero-order valence-corrected chi connectivity index (χ0v) is 8.29. The van der Waals surface area contributed by atoms with Crippen LogP contribution in [0.2, 0.25) is 0 Å². The molecule has 3 nitrogen and oxygen atoms in total. The first-order valence-corrected chi connectivity index (χ1v) is 4.94. The lowest BCUT2D eigenvalue weighted by Gasteiger charge is -1.83. The van der Waals surface area contributed by atoms with Crippen molar-refractivity contribution < 1.29 is 0 Å². The third-order valence-electron chi connectivity index (χ3n) is 1.56. The molecule has 4 heteroatoms. The molecule has 0 aromatic carbocycles. The molecule has 0 saturated carbocycles. The minimum atomic E-state index is 0.426. The molecular weight excluding hydrogens is 182 g/mol. The van der Waals surface area contributed by atoms with E-state index in [0.29, 0.717) is 6.54 Å². The monoisotopic (exact) mass is 193 g/mol. The molecule has 0 spiro atoms. The number of azide groups is 1. The maximum atomic E-state index is 8.03. The summed E-state index contributed by atoms with van der Waals surface area (Å²) in [6.07, 6.45) is 4.93. The molecule has 1 aromatic rings. The van der Waals surface area contributed by atoms with E-state index in [1.807, 2.05) is 12.2 Å². The fourth-order valence-corrected chi connectivity index (χ4v) is 1.81. The quantitative estimate of drug-likeness (QED) is 0.398. The van der Waals surface area contributed by atoms with Crippen molar-refractivity contribution in [2.24, 2.45) is 5.11 Å². The van der Waals surface area contributed by atoms with Gasteiger partial charge in [-0.15, -0.1) is 11.3 Å². The van der Waals surface area contributed by atoms with Crippen LogP contribution in [0.3, 0.4) is 0 Å². The largest absolute Gasteiger partial charge is 0.141 e. The molecule has 0 radical (unpaired) electrons. The third-order valence-corrected chi connectivity index (χ3v) is 2.76. The van der Waals surface area contributed by atoms with E-state index in [0.717, 1.165) is 6.42 Å². The molecule has 13 heavy (non-hydrogen) atoms. The maximum Gasteiger partial charge on any atom is 0.0443 e. The molecule has 0 amide bonds. The minimum Gasteiger partial charge on any atom is -0.141 e. The van der Waals surface area contributed by atoms with Crippen molar-refractivity contribution in [3.63, 3.8) is 0 Å². The summed E-state index contributed by atoms with van der Waals surface area (Å²) in [5, 5.41) is 3.41. The lowest BCUT2D eigenvalue weighted by atomic mass is 10.3. The van der Waals surface area contributed by atoms with Crippen LogP contribution in [0.4, 0.5) is 0 Å². The molecular formula is C9H11N3S. The summed E-state index contributed by atoms with van der Waals surface area (Å²) in [6, 6.07) is 4.20. The molecule has 1 heterocycles. The van der Waals surface area contributed by atoms with Crippen molar-refractivity contribution >= 4 is 17.4 Å². The number of hydrogen-bond acceptors (Lipinski definition) is 2. The lowest BCUT2D eigenvalue weighted by molar-refractivity contribution is 1.19. The van der Waals surface area contributed by atoms with E-state index in [1.165, 1.54) is 9.75 Å². The number of aryl methyl sites for hydroxylation is 1. The molecule has 0 atom stereocenters. The standard InChI is InChI=1S/C9H11N3S/c1-2-8-5-6-9(13-8)4-3-7-11-12-10/h3-6H,2,7H2,1H3. The highest BCUT2D eigenvalue weighted by Gasteiger charge is 1.92. The highest BCUT2D eigenvalue weighted by atomic mass is 32.1. The van der Waals surface area contributed by atoms with Crippen molar-refractivity contribution in [2.75, 3.05) is 6.54 Å². The van der Waals surface area contributed by atoms with Gasteiger partial charge in [0.1, 0.15) is 0 Å². The fraction of sp³-hybridized carbons (Fsp3) is 0.333. The van der Waals surface area contributed by atoms with Gasteiger partial charge in [0.25, 0.3) is 0 Å². The highest BCUT2D eigenvalue weighted by molar-refractivity contribution is 7.12. The van der Waals surface area contributed by atoms with Gasteiger partial charge in [-0.2, -0.15) is 0 Å². The Hall–Kier alpha value is -1.25. The Kier molecular flexibility index (Phi) is 4.09. The lowest BCUT2D eigenvalue weighted by Crippen LogP contribution is -1.66. The molecule has 0 fully saturated rings. The Bertz CT molecular complexity index is 334. The van der Waals surface area contributed by atoms with E-state index in [2.05, 4.69) is 29.1 Å². The molecule has 1 rings (SSSR count). The first-order valence-electron chi connectivity index (χ1n) is 4.13. The second-order valence-corrected chi connectivity index (χ2v) is 3.67. The predicted molar refractivity (Wildman–Crippen MR) is 56.7 cm³/mol. The Labute approximate surface area is 81.3 Å². The van der Waals surface area contributed by atoms with Gasteiger partial charge in [0, 0.05) is 21.2 Å². The van der Waals surface area contributed by atoms with Crippen molar-refractivity contribution in [1.82, 2.24) is 0 Å². The second-order valence-electron chi connectivity index (χ2n) is 2.47. The van der Waals surface area contributed by atoms with Crippen LogP contribution >= 0.6 is 11.3 Å². The van der Waals surface area contributed by atoms with Crippen LogP contribution in [0, 0.1) is 0 Å². The SMILES string of the molecule is CCc1ccc(C=CCN=[N+]=[N-])s1. The van der Waals surface area contributed by atoms with Gasteiger partial charge in [-0.25, -0.2) is 0 Å². The van der Waals surface area contributed by atoms with E-state index in [-0.39, 0.29) is 0 Å². The van der Waals surface area contributed by atoms with Gasteiger partial charge in [0.15, 0.2) is 0 Å². The average Bonchev–Trinajstić information content (AvgIpc) is 2.60. The molecule has 0 aliphatic rings. The summed E-state index contributed by atoms with van der Waals surface area (Å²) in [7, 11) is 0. The van der Waals surface area contributed by atoms with Crippen LogP contribution in [0.1, 0.15) is 16.7 Å². The molecule has 0 aliphatic heterocycles. The van der Waals surface area contributed by atoms with Gasteiger partial charge >= 0.3 is 0 Å². The Morgan fingerprint density at radius 2 is 2.46 bits per heavy atom. The van der Waals surface area contributed by atoms with Gasteiger partial charge in [0.05, 0.1) is 0 Å². The zero-order chi connectivity index (χ0) is 9.52. The molecule has 1 aromatic heterocycles. The molecule has 0 unspecified atom stereocenters. The summed E-state index contributed by atoms with van der Waals surface area (Å²) >= 11 is 1.77. The van der Waals surface area contributed by atoms with Crippen LogP contribution in [0.5, 0.6) is 0 Å². The van der Waals surface area contributed by atoms with Crippen molar-refractivity contribution in [3.05, 3.63) is 38.4 Å². The van der Waals surface area contributed by atoms with Crippen LogP contribution in [0.25, 0.3) is 16.5 Å². The molecule has 0 saturated heterocycles. The van der Waals surface area contributed by atoms with E-state index >= 15 is 0 Å². The van der Waals surface area contributed by atoms with Crippen LogP contribution in [0.15, 0.2) is 23.3 Å². The summed E-state index contributed by atoms with van der Waals surface area (Å²) in [4.78, 5) is 5.26. The average molecular weight is 193 g/mol. The van der Waals surface area contributed by atoms with Crippen LogP contribution < -0.4 is 0 Å². The van der Waals surface area contributed by atoms with Crippen molar-refractivity contribution in [3.8, 4) is 0 Å². The number of thiophene rings is 1. The van der Waals surface area contributed by atoms with Gasteiger partial charge < -0.3 is 0 Å². The smallest absolute Gasteiger partial charge is 0.0443 e. The minimum absolute atomic E-state index is 0.426. The van der Waals surface area contributed by atoms with E-state index < -0.39 is 0 Å². The van der Waals surface area contributed by atoms with E-state index in [1.54, 1.807) is 11.3 Å². The summed E-state index contributed by atoms with van der Waals surface area (Å²) in [5.41, 5.74) is 8.03. The zero-order valence-electron chi connectivity index (χ0n) is 7.47. The fourth-order valence-electron chi connectivity index (χ4n) is 0.927. The normalized spacial score (nSPS) is 10.2. The Morgan fingerprint density at radius 3 is 3.08 bits per heavy atom. The first-order chi connectivity index (χ1) is 6.36.